The monoisotopic (exact) mass is 587 g/mol. The van der Waals surface area contributed by atoms with Crippen LogP contribution in [-0.2, 0) is 17.8 Å². The summed E-state index contributed by atoms with van der Waals surface area (Å²) in [6, 6.07) is 25.5. The lowest BCUT2D eigenvalue weighted by molar-refractivity contribution is -0.119. The maximum absolute atomic E-state index is 13.4. The number of hydrogen-bond acceptors (Lipinski definition) is 5. The van der Waals surface area contributed by atoms with Gasteiger partial charge in [0.05, 0.1) is 28.8 Å². The van der Waals surface area contributed by atoms with Gasteiger partial charge in [-0.05, 0) is 79.1 Å². The molecule has 0 radical (unpaired) electrons. The minimum atomic E-state index is -0.425. The Balaban J connectivity index is 1.45. The summed E-state index contributed by atoms with van der Waals surface area (Å²) in [6.45, 7) is 4.39. The molecule has 0 aliphatic heterocycles. The van der Waals surface area contributed by atoms with Gasteiger partial charge in [0.15, 0.2) is 0 Å². The van der Waals surface area contributed by atoms with Crippen LogP contribution >= 0.6 is 23.2 Å². The molecule has 0 bridgehead atoms. The number of furan rings is 1. The summed E-state index contributed by atoms with van der Waals surface area (Å²) in [7, 11) is 0. The number of amides is 1. The number of Topliss-reactive ketones (excluding diaryl/α,β-unsaturated/α-hetero) is 1. The van der Waals surface area contributed by atoms with Crippen LogP contribution in [0.25, 0.3) is 11.3 Å². The Morgan fingerprint density at radius 3 is 2.39 bits per heavy atom. The Morgan fingerprint density at radius 1 is 0.976 bits per heavy atom. The van der Waals surface area contributed by atoms with E-state index in [-0.39, 0.29) is 24.2 Å². The topological polar surface area (TPSA) is 95.1 Å². The molecule has 3 aromatic carbocycles. The number of hydrogen-bond donors (Lipinski definition) is 2. The van der Waals surface area contributed by atoms with Crippen molar-refractivity contribution in [2.45, 2.75) is 51.7 Å². The first-order valence-electron chi connectivity index (χ1n) is 13.4. The first-order valence-corrected chi connectivity index (χ1v) is 14.2. The summed E-state index contributed by atoms with van der Waals surface area (Å²) in [5.74, 6) is 1.04. The zero-order valence-electron chi connectivity index (χ0n) is 22.9. The fourth-order valence-corrected chi connectivity index (χ4v) is 4.79. The van der Waals surface area contributed by atoms with Crippen LogP contribution < -0.4 is 10.6 Å². The largest absolute Gasteiger partial charge is 0.460 e. The van der Waals surface area contributed by atoms with Crippen LogP contribution in [0.1, 0.15) is 65.5 Å². The van der Waals surface area contributed by atoms with Gasteiger partial charge < -0.3 is 15.1 Å². The van der Waals surface area contributed by atoms with E-state index in [0.717, 1.165) is 16.9 Å². The molecular formula is C33H31Cl2N3O3. The number of benzene rings is 3. The van der Waals surface area contributed by atoms with E-state index in [4.69, 9.17) is 32.9 Å². The average Bonchev–Trinajstić information content (AvgIpc) is 3.46. The van der Waals surface area contributed by atoms with Crippen LogP contribution in [0.5, 0.6) is 0 Å². The molecule has 4 rings (SSSR count). The number of carbonyl (C=O) groups is 2. The molecule has 6 nitrogen and oxygen atoms in total. The molecule has 0 unspecified atom stereocenters. The third-order valence-corrected chi connectivity index (χ3v) is 7.46. The Kier molecular flexibility index (Phi) is 10.4. The average molecular weight is 589 g/mol. The highest BCUT2D eigenvalue weighted by molar-refractivity contribution is 6.34. The van der Waals surface area contributed by atoms with E-state index in [2.05, 4.69) is 23.6 Å². The van der Waals surface area contributed by atoms with Crippen molar-refractivity contribution in [3.05, 3.63) is 117 Å². The van der Waals surface area contributed by atoms with E-state index in [1.54, 1.807) is 37.3 Å². The van der Waals surface area contributed by atoms with Crippen molar-refractivity contribution < 1.29 is 14.0 Å². The van der Waals surface area contributed by atoms with E-state index in [0.29, 0.717) is 51.9 Å². The lowest BCUT2D eigenvalue weighted by Gasteiger charge is -2.19. The number of ketones is 1. The van der Waals surface area contributed by atoms with E-state index in [1.165, 1.54) is 0 Å². The maximum atomic E-state index is 13.4. The van der Waals surface area contributed by atoms with E-state index in [1.807, 2.05) is 48.5 Å². The zero-order valence-corrected chi connectivity index (χ0v) is 24.4. The van der Waals surface area contributed by atoms with Gasteiger partial charge >= 0.3 is 0 Å². The molecule has 210 valence electrons. The van der Waals surface area contributed by atoms with Crippen molar-refractivity contribution in [1.82, 2.24) is 10.6 Å². The first kappa shape index (κ1) is 30.1. The third kappa shape index (κ3) is 8.31. The molecule has 0 fully saturated rings. The van der Waals surface area contributed by atoms with Crippen LogP contribution in [0.4, 0.5) is 0 Å². The van der Waals surface area contributed by atoms with Crippen molar-refractivity contribution in [3.8, 4) is 17.4 Å². The van der Waals surface area contributed by atoms with Crippen LogP contribution in [0.2, 0.25) is 10.0 Å². The molecule has 2 N–H and O–H groups in total. The summed E-state index contributed by atoms with van der Waals surface area (Å²) in [5, 5.41) is 16.5. The van der Waals surface area contributed by atoms with Gasteiger partial charge in [0.1, 0.15) is 17.3 Å². The predicted molar refractivity (Wildman–Crippen MR) is 162 cm³/mol. The van der Waals surface area contributed by atoms with Gasteiger partial charge in [-0.1, -0.05) is 54.4 Å². The standard InChI is InChI=1S/C33H31Cl2N3O3/c1-3-28(39)18-27(16-22-4-6-23(19-36)7-5-22)38-33(40)30-17-25(10-14-31(30)35)32-15-13-29(41-32)20-37-21(2)24-8-11-26(34)12-9-24/h4-15,17,21,27,37H,3,16,18,20H2,1-2H3,(H,38,40)/t21-,27-/m1/s1. The Bertz CT molecular complexity index is 1540. The molecule has 8 heteroatoms. The van der Waals surface area contributed by atoms with Gasteiger partial charge in [-0.25, -0.2) is 0 Å². The molecule has 0 saturated carbocycles. The molecular weight excluding hydrogens is 557 g/mol. The summed E-state index contributed by atoms with van der Waals surface area (Å²) < 4.78 is 6.07. The minimum Gasteiger partial charge on any atom is -0.460 e. The van der Waals surface area contributed by atoms with E-state index < -0.39 is 6.04 Å². The Hall–Kier alpha value is -3.89. The Labute approximate surface area is 250 Å². The molecule has 0 saturated heterocycles. The fourth-order valence-electron chi connectivity index (χ4n) is 4.46. The van der Waals surface area contributed by atoms with Crippen LogP contribution in [0.15, 0.2) is 83.3 Å². The number of nitriles is 1. The molecule has 1 heterocycles. The molecule has 2 atom stereocenters. The van der Waals surface area contributed by atoms with Gasteiger partial charge in [0.2, 0.25) is 0 Å². The quantitative estimate of drug-likeness (QED) is 0.177. The fraction of sp³-hybridized carbons (Fsp3) is 0.242. The number of carbonyl (C=O) groups excluding carboxylic acids is 2. The number of halogens is 2. The number of rotatable bonds is 12. The van der Waals surface area contributed by atoms with E-state index in [9.17, 15) is 9.59 Å². The first-order chi connectivity index (χ1) is 19.7. The summed E-state index contributed by atoms with van der Waals surface area (Å²) in [5.41, 5.74) is 3.60. The van der Waals surface area contributed by atoms with Crippen molar-refractivity contribution in [3.63, 3.8) is 0 Å². The van der Waals surface area contributed by atoms with Crippen LogP contribution in [0, 0.1) is 11.3 Å². The molecule has 4 aromatic rings. The van der Waals surface area contributed by atoms with Gasteiger partial charge in [0, 0.05) is 35.5 Å². The maximum Gasteiger partial charge on any atom is 0.253 e. The van der Waals surface area contributed by atoms with Crippen molar-refractivity contribution in [1.29, 1.82) is 5.26 Å². The minimum absolute atomic E-state index is 0.0471. The second-order valence-corrected chi connectivity index (χ2v) is 10.7. The van der Waals surface area contributed by atoms with E-state index >= 15 is 0 Å². The predicted octanol–water partition coefficient (Wildman–Crippen LogP) is 7.69. The van der Waals surface area contributed by atoms with Gasteiger partial charge in [-0.2, -0.15) is 5.26 Å². The van der Waals surface area contributed by atoms with Crippen molar-refractivity contribution in [2.24, 2.45) is 0 Å². The summed E-state index contributed by atoms with van der Waals surface area (Å²) in [4.78, 5) is 25.6. The molecule has 41 heavy (non-hydrogen) atoms. The van der Waals surface area contributed by atoms with Gasteiger partial charge in [0.25, 0.3) is 5.91 Å². The van der Waals surface area contributed by atoms with Crippen molar-refractivity contribution >= 4 is 34.9 Å². The number of nitrogens with one attached hydrogen (secondary N) is 2. The normalized spacial score (nSPS) is 12.4. The molecule has 0 spiro atoms. The third-order valence-electron chi connectivity index (χ3n) is 6.88. The molecule has 0 aliphatic rings. The highest BCUT2D eigenvalue weighted by Crippen LogP contribution is 2.28. The summed E-state index contributed by atoms with van der Waals surface area (Å²) in [6.07, 6.45) is 1.02. The zero-order chi connectivity index (χ0) is 29.4. The van der Waals surface area contributed by atoms with Gasteiger partial charge in [-0.3, -0.25) is 9.59 Å². The van der Waals surface area contributed by atoms with Crippen molar-refractivity contribution in [2.75, 3.05) is 0 Å². The summed E-state index contributed by atoms with van der Waals surface area (Å²) >= 11 is 12.4. The highest BCUT2D eigenvalue weighted by atomic mass is 35.5. The Morgan fingerprint density at radius 2 is 1.71 bits per heavy atom. The molecule has 0 aliphatic carbocycles. The lowest BCUT2D eigenvalue weighted by atomic mass is 9.99. The number of nitrogens with zero attached hydrogens (tertiary/aromatic N) is 1. The molecule has 1 amide bonds. The molecule has 1 aromatic heterocycles. The SMILES string of the molecule is CCC(=O)C[C@@H](Cc1ccc(C#N)cc1)NC(=O)c1cc(-c2ccc(CN[C@H](C)c3ccc(Cl)cc3)o2)ccc1Cl. The second-order valence-electron chi connectivity index (χ2n) is 9.89. The lowest BCUT2D eigenvalue weighted by Crippen LogP contribution is -2.38. The highest BCUT2D eigenvalue weighted by Gasteiger charge is 2.20. The smallest absolute Gasteiger partial charge is 0.253 e. The van der Waals surface area contributed by atoms with Gasteiger partial charge in [-0.15, -0.1) is 0 Å². The van der Waals surface area contributed by atoms with Crippen LogP contribution in [-0.4, -0.2) is 17.7 Å². The second kappa shape index (κ2) is 14.1. The van der Waals surface area contributed by atoms with Crippen LogP contribution in [0.3, 0.4) is 0 Å².